The van der Waals surface area contributed by atoms with Crippen LogP contribution in [0.1, 0.15) is 50.0 Å². The molecule has 4 heterocycles. The highest BCUT2D eigenvalue weighted by molar-refractivity contribution is 6.01. The van der Waals surface area contributed by atoms with Crippen LogP contribution in [0.4, 0.5) is 5.69 Å². The van der Waals surface area contributed by atoms with E-state index in [1.54, 1.807) is 46.1 Å². The lowest BCUT2D eigenvalue weighted by Gasteiger charge is -2.33. The maximum atomic E-state index is 13.4. The number of amides is 2. The van der Waals surface area contributed by atoms with Crippen LogP contribution in [-0.4, -0.2) is 49.3 Å². The van der Waals surface area contributed by atoms with Crippen LogP contribution in [0.3, 0.4) is 0 Å². The number of rotatable bonds is 3. The number of fused-ring (bicyclic) bond motifs is 3. The van der Waals surface area contributed by atoms with Gasteiger partial charge in [0.25, 0.3) is 5.91 Å². The number of nitrogens with zero attached hydrogens (tertiary/aromatic N) is 3. The molecule has 0 aliphatic carbocycles. The van der Waals surface area contributed by atoms with Crippen molar-refractivity contribution in [2.45, 2.75) is 39.7 Å². The van der Waals surface area contributed by atoms with E-state index in [9.17, 15) is 14.4 Å². The van der Waals surface area contributed by atoms with Crippen molar-refractivity contribution in [2.75, 3.05) is 18.4 Å². The highest BCUT2D eigenvalue weighted by Gasteiger charge is 2.29. The average molecular weight is 461 g/mol. The van der Waals surface area contributed by atoms with Crippen molar-refractivity contribution in [2.24, 2.45) is 5.41 Å². The molecule has 1 saturated heterocycles. The second-order valence-electron chi connectivity index (χ2n) is 9.89. The number of aromatic amines is 2. The van der Waals surface area contributed by atoms with Crippen LogP contribution in [0.5, 0.6) is 0 Å². The van der Waals surface area contributed by atoms with Gasteiger partial charge in [-0.15, -0.1) is 0 Å². The predicted molar refractivity (Wildman–Crippen MR) is 131 cm³/mol. The Labute approximate surface area is 196 Å². The van der Waals surface area contributed by atoms with Crippen LogP contribution in [0, 0.1) is 5.41 Å². The number of aromatic nitrogens is 4. The molecule has 34 heavy (non-hydrogen) atoms. The largest absolute Gasteiger partial charge is 0.346 e. The molecule has 1 aliphatic rings. The number of likely N-dealkylation sites (tertiary alicyclic amines) is 1. The minimum atomic E-state index is -0.535. The van der Waals surface area contributed by atoms with E-state index in [2.05, 4.69) is 20.3 Å². The molecule has 176 valence electrons. The smallest absolute Gasteiger partial charge is 0.326 e. The quantitative estimate of drug-likeness (QED) is 0.433. The van der Waals surface area contributed by atoms with Crippen LogP contribution in [0.15, 0.2) is 47.5 Å². The third-order valence-electron chi connectivity index (χ3n) is 6.36. The Kier molecular flexibility index (Phi) is 5.27. The summed E-state index contributed by atoms with van der Waals surface area (Å²) in [5, 5.41) is 3.76. The zero-order chi connectivity index (χ0) is 24.0. The van der Waals surface area contributed by atoms with Crippen LogP contribution >= 0.6 is 0 Å². The fourth-order valence-corrected chi connectivity index (χ4v) is 4.55. The van der Waals surface area contributed by atoms with Crippen LogP contribution in [0.25, 0.3) is 22.1 Å². The van der Waals surface area contributed by atoms with Gasteiger partial charge in [0.15, 0.2) is 0 Å². The number of H-pyrrole nitrogens is 2. The van der Waals surface area contributed by atoms with Gasteiger partial charge in [0.05, 0.1) is 23.3 Å². The number of anilines is 1. The molecule has 0 radical (unpaired) electrons. The summed E-state index contributed by atoms with van der Waals surface area (Å²) in [4.78, 5) is 50.8. The van der Waals surface area contributed by atoms with Crippen molar-refractivity contribution in [3.63, 3.8) is 0 Å². The van der Waals surface area contributed by atoms with Crippen LogP contribution in [-0.2, 0) is 4.79 Å². The first-order valence-electron chi connectivity index (χ1n) is 11.5. The standard InChI is InChI=1S/C25H28N6O3/c1-25(2,3)23(33)28-16-7-4-6-15(12-16)22(32)30-11-5-8-17(14-30)31-20-18-9-10-26-21(18)27-13-19(20)29-24(31)34/h4,6-7,9-10,12-13,17H,5,8,11,14H2,1-3H3,(H,26,27)(H,28,33)(H,29,34). The monoisotopic (exact) mass is 460 g/mol. The second-order valence-corrected chi connectivity index (χ2v) is 9.89. The second kappa shape index (κ2) is 8.16. The van der Waals surface area contributed by atoms with Crippen molar-refractivity contribution < 1.29 is 9.59 Å². The Hall–Kier alpha value is -3.88. The Morgan fingerprint density at radius 1 is 1.21 bits per heavy atom. The molecule has 0 bridgehead atoms. The van der Waals surface area contributed by atoms with Gasteiger partial charge in [0, 0.05) is 41.3 Å². The van der Waals surface area contributed by atoms with Gasteiger partial charge in [-0.1, -0.05) is 26.8 Å². The molecule has 1 unspecified atom stereocenters. The molecule has 1 aromatic carbocycles. The van der Waals surface area contributed by atoms with Gasteiger partial charge in [-0.2, -0.15) is 0 Å². The fraction of sp³-hybridized carbons (Fsp3) is 0.360. The zero-order valence-electron chi connectivity index (χ0n) is 19.5. The van der Waals surface area contributed by atoms with E-state index in [0.717, 1.165) is 29.4 Å². The van der Waals surface area contributed by atoms with E-state index in [-0.39, 0.29) is 23.5 Å². The van der Waals surface area contributed by atoms with Gasteiger partial charge in [0.1, 0.15) is 5.65 Å². The molecular formula is C25H28N6O3. The lowest BCUT2D eigenvalue weighted by atomic mass is 9.95. The summed E-state index contributed by atoms with van der Waals surface area (Å²) in [6.07, 6.45) is 5.06. The predicted octanol–water partition coefficient (Wildman–Crippen LogP) is 3.67. The molecular weight excluding hydrogens is 432 g/mol. The first-order valence-corrected chi connectivity index (χ1v) is 11.5. The van der Waals surface area contributed by atoms with E-state index in [0.29, 0.717) is 29.9 Å². The molecule has 5 rings (SSSR count). The van der Waals surface area contributed by atoms with E-state index in [4.69, 9.17) is 0 Å². The van der Waals surface area contributed by atoms with E-state index >= 15 is 0 Å². The third kappa shape index (κ3) is 3.87. The topological polar surface area (TPSA) is 116 Å². The minimum Gasteiger partial charge on any atom is -0.346 e. The number of carbonyl (C=O) groups excluding carboxylic acids is 2. The molecule has 0 spiro atoms. The highest BCUT2D eigenvalue weighted by Crippen LogP contribution is 2.28. The molecule has 4 aromatic rings. The van der Waals surface area contributed by atoms with Crippen molar-refractivity contribution in [1.29, 1.82) is 0 Å². The van der Waals surface area contributed by atoms with Gasteiger partial charge in [0.2, 0.25) is 5.91 Å². The van der Waals surface area contributed by atoms with Crippen molar-refractivity contribution >= 4 is 39.6 Å². The molecule has 9 heteroatoms. The first kappa shape index (κ1) is 21.9. The number of nitrogens with one attached hydrogen (secondary N) is 3. The number of pyridine rings is 1. The molecule has 0 saturated carbocycles. The number of benzene rings is 1. The number of piperidine rings is 1. The van der Waals surface area contributed by atoms with Gasteiger partial charge in [-0.05, 0) is 37.1 Å². The Morgan fingerprint density at radius 3 is 2.82 bits per heavy atom. The van der Waals surface area contributed by atoms with Gasteiger partial charge in [-0.25, -0.2) is 9.78 Å². The zero-order valence-corrected chi connectivity index (χ0v) is 19.5. The number of hydrogen-bond donors (Lipinski definition) is 3. The summed E-state index contributed by atoms with van der Waals surface area (Å²) in [5.41, 5.74) is 2.58. The third-order valence-corrected chi connectivity index (χ3v) is 6.36. The molecule has 1 aliphatic heterocycles. The molecule has 3 aromatic heterocycles. The van der Waals surface area contributed by atoms with E-state index < -0.39 is 5.41 Å². The van der Waals surface area contributed by atoms with Crippen molar-refractivity contribution in [1.82, 2.24) is 24.4 Å². The average Bonchev–Trinajstić information content (AvgIpc) is 3.41. The van der Waals surface area contributed by atoms with Crippen molar-refractivity contribution in [3.8, 4) is 0 Å². The summed E-state index contributed by atoms with van der Waals surface area (Å²) >= 11 is 0. The highest BCUT2D eigenvalue weighted by atomic mass is 16.2. The Balaban J connectivity index is 1.42. The van der Waals surface area contributed by atoms with E-state index in [1.807, 2.05) is 26.8 Å². The summed E-state index contributed by atoms with van der Waals surface area (Å²) < 4.78 is 1.77. The SMILES string of the molecule is CC(C)(C)C(=O)Nc1cccc(C(=O)N2CCCC(n3c(=O)[nH]c4cnc5[nH]ccc5c43)C2)c1. The van der Waals surface area contributed by atoms with Gasteiger partial charge < -0.3 is 20.2 Å². The molecule has 3 N–H and O–H groups in total. The summed E-state index contributed by atoms with van der Waals surface area (Å²) in [7, 11) is 0. The van der Waals surface area contributed by atoms with Gasteiger partial charge >= 0.3 is 5.69 Å². The lowest BCUT2D eigenvalue weighted by molar-refractivity contribution is -0.123. The van der Waals surface area contributed by atoms with Crippen LogP contribution in [0.2, 0.25) is 0 Å². The number of carbonyl (C=O) groups is 2. The summed E-state index contributed by atoms with van der Waals surface area (Å²) in [5.74, 6) is -0.225. The van der Waals surface area contributed by atoms with E-state index in [1.165, 1.54) is 0 Å². The number of hydrogen-bond acceptors (Lipinski definition) is 4. The molecule has 1 atom stereocenters. The normalized spacial score (nSPS) is 16.8. The molecule has 2 amide bonds. The maximum Gasteiger partial charge on any atom is 0.326 e. The first-order chi connectivity index (χ1) is 16.2. The molecule has 9 nitrogen and oxygen atoms in total. The summed E-state index contributed by atoms with van der Waals surface area (Å²) in [6, 6.07) is 8.78. The van der Waals surface area contributed by atoms with Gasteiger partial charge in [-0.3, -0.25) is 14.2 Å². The summed E-state index contributed by atoms with van der Waals surface area (Å²) in [6.45, 7) is 6.57. The van der Waals surface area contributed by atoms with Crippen molar-refractivity contribution in [3.05, 3.63) is 58.8 Å². The molecule has 1 fully saturated rings. The number of imidazole rings is 1. The fourth-order valence-electron chi connectivity index (χ4n) is 4.55. The Morgan fingerprint density at radius 2 is 2.03 bits per heavy atom. The van der Waals surface area contributed by atoms with Crippen LogP contribution < -0.4 is 11.0 Å². The Bertz CT molecular complexity index is 1450. The minimum absolute atomic E-state index is 0.112. The lowest BCUT2D eigenvalue weighted by Crippen LogP contribution is -2.42. The maximum absolute atomic E-state index is 13.4.